The van der Waals surface area contributed by atoms with Crippen LogP contribution in [0.4, 0.5) is 11.4 Å². The molecule has 0 saturated heterocycles. The van der Waals surface area contributed by atoms with Crippen LogP contribution in [0.15, 0.2) is 53.3 Å². The Bertz CT molecular complexity index is 1810. The number of ether oxygens (including phenoxy) is 4. The number of rotatable bonds is 11. The molecule has 240 valence electrons. The molecule has 4 N–H and O–H groups in total. The van der Waals surface area contributed by atoms with Crippen molar-refractivity contribution in [1.29, 1.82) is 0 Å². The number of aromatic nitrogens is 3. The maximum absolute atomic E-state index is 13.5. The third kappa shape index (κ3) is 6.79. The predicted octanol–water partition coefficient (Wildman–Crippen LogP) is 3.85. The summed E-state index contributed by atoms with van der Waals surface area (Å²) in [6.07, 6.45) is 1.12. The molecule has 1 atom stereocenters. The van der Waals surface area contributed by atoms with Crippen molar-refractivity contribution in [1.82, 2.24) is 20.5 Å². The molecule has 0 saturated carbocycles. The third-order valence-corrected chi connectivity index (χ3v) is 7.60. The van der Waals surface area contributed by atoms with Gasteiger partial charge in [-0.05, 0) is 72.0 Å². The molecule has 13 nitrogen and oxygen atoms in total. The van der Waals surface area contributed by atoms with Crippen LogP contribution in [-0.4, -0.2) is 62.0 Å². The third-order valence-electron chi connectivity index (χ3n) is 7.60. The van der Waals surface area contributed by atoms with Gasteiger partial charge in [0, 0.05) is 30.8 Å². The number of carbonyl (C=O) groups excluding carboxylic acids is 2. The van der Waals surface area contributed by atoms with Crippen LogP contribution in [0.5, 0.6) is 17.2 Å². The summed E-state index contributed by atoms with van der Waals surface area (Å²) in [5.41, 5.74) is 4.21. The molecular weight excluding hydrogens is 592 g/mol. The van der Waals surface area contributed by atoms with E-state index >= 15 is 0 Å². The lowest BCUT2D eigenvalue weighted by molar-refractivity contribution is -0.119. The van der Waals surface area contributed by atoms with Crippen molar-refractivity contribution in [2.24, 2.45) is 0 Å². The number of methoxy groups -OCH3 is 4. The highest BCUT2D eigenvalue weighted by molar-refractivity contribution is 5.94. The number of amides is 2. The van der Waals surface area contributed by atoms with Crippen LogP contribution in [-0.2, 0) is 27.4 Å². The van der Waals surface area contributed by atoms with Crippen LogP contribution in [0.3, 0.4) is 0 Å². The Kier molecular flexibility index (Phi) is 9.82. The van der Waals surface area contributed by atoms with E-state index in [-0.39, 0.29) is 29.5 Å². The van der Waals surface area contributed by atoms with E-state index in [2.05, 4.69) is 31.1 Å². The van der Waals surface area contributed by atoms with Crippen molar-refractivity contribution in [3.05, 3.63) is 75.7 Å². The average molecular weight is 629 g/mol. The standard InChI is InChI=1S/C33H36N6O7/c1-18(40)35-24-12-8-20-14-27(44-3)31(45-4)32(46-5)30(20)22-11-13-25(26(41)15-23(22)24)34-16-29(42)36-21-9-6-19(7-10-21)33-37-28(17-43-2)38-39-33/h6-7,9-11,13-15,24H,8,12,16-17H2,1-5H3,(H,34,41)(H,35,40)(H,36,42)(H,37,38,39). The summed E-state index contributed by atoms with van der Waals surface area (Å²) in [5, 5.41) is 15.8. The molecule has 0 radical (unpaired) electrons. The van der Waals surface area contributed by atoms with Gasteiger partial charge in [0.2, 0.25) is 23.0 Å². The van der Waals surface area contributed by atoms with Crippen LogP contribution in [0, 0.1) is 0 Å². The van der Waals surface area contributed by atoms with Crippen molar-refractivity contribution in [3.63, 3.8) is 0 Å². The highest BCUT2D eigenvalue weighted by Crippen LogP contribution is 2.50. The molecule has 4 aromatic rings. The first-order valence-corrected chi connectivity index (χ1v) is 14.6. The number of anilines is 2. The molecule has 5 rings (SSSR count). The summed E-state index contributed by atoms with van der Waals surface area (Å²) in [6, 6.07) is 13.5. The van der Waals surface area contributed by atoms with Crippen molar-refractivity contribution in [2.45, 2.75) is 32.4 Å². The monoisotopic (exact) mass is 628 g/mol. The zero-order valence-electron chi connectivity index (χ0n) is 26.3. The van der Waals surface area contributed by atoms with Gasteiger partial charge in [-0.2, -0.15) is 5.10 Å². The minimum absolute atomic E-state index is 0.160. The summed E-state index contributed by atoms with van der Waals surface area (Å²) >= 11 is 0. The summed E-state index contributed by atoms with van der Waals surface area (Å²) in [7, 11) is 6.20. The van der Waals surface area contributed by atoms with E-state index in [1.54, 1.807) is 57.7 Å². The maximum Gasteiger partial charge on any atom is 0.243 e. The Morgan fingerprint density at radius 2 is 1.74 bits per heavy atom. The van der Waals surface area contributed by atoms with E-state index in [0.29, 0.717) is 65.2 Å². The van der Waals surface area contributed by atoms with Gasteiger partial charge in [0.1, 0.15) is 6.61 Å². The fraction of sp³-hybridized carbons (Fsp3) is 0.303. The summed E-state index contributed by atoms with van der Waals surface area (Å²) < 4.78 is 22.1. The second kappa shape index (κ2) is 14.1. The fourth-order valence-corrected chi connectivity index (χ4v) is 5.56. The van der Waals surface area contributed by atoms with E-state index in [1.807, 2.05) is 6.07 Å². The van der Waals surface area contributed by atoms with Crippen molar-refractivity contribution < 1.29 is 28.5 Å². The molecule has 13 heteroatoms. The van der Waals surface area contributed by atoms with Crippen molar-refractivity contribution in [3.8, 4) is 39.8 Å². The van der Waals surface area contributed by atoms with Crippen LogP contribution in [0.25, 0.3) is 22.5 Å². The maximum atomic E-state index is 13.5. The Morgan fingerprint density at radius 1 is 0.978 bits per heavy atom. The second-order valence-corrected chi connectivity index (χ2v) is 10.6. The van der Waals surface area contributed by atoms with Gasteiger partial charge < -0.3 is 34.9 Å². The van der Waals surface area contributed by atoms with E-state index in [9.17, 15) is 14.4 Å². The quantitative estimate of drug-likeness (QED) is 0.192. The molecule has 3 aromatic carbocycles. The minimum Gasteiger partial charge on any atom is -0.493 e. The molecule has 1 aromatic heterocycles. The highest BCUT2D eigenvalue weighted by Gasteiger charge is 2.29. The fourth-order valence-electron chi connectivity index (χ4n) is 5.56. The van der Waals surface area contributed by atoms with E-state index in [4.69, 9.17) is 18.9 Å². The molecule has 2 amide bonds. The largest absolute Gasteiger partial charge is 0.493 e. The van der Waals surface area contributed by atoms with Gasteiger partial charge in [0.05, 0.1) is 39.6 Å². The molecule has 0 bridgehead atoms. The minimum atomic E-state index is -0.441. The van der Waals surface area contributed by atoms with Gasteiger partial charge >= 0.3 is 0 Å². The first-order chi connectivity index (χ1) is 22.3. The number of nitrogens with zero attached hydrogens (tertiary/aromatic N) is 2. The molecule has 1 unspecified atom stereocenters. The lowest BCUT2D eigenvalue weighted by atomic mass is 9.95. The molecular formula is C33H36N6O7. The van der Waals surface area contributed by atoms with Gasteiger partial charge in [-0.25, -0.2) is 4.98 Å². The zero-order chi connectivity index (χ0) is 32.8. The van der Waals surface area contributed by atoms with Gasteiger partial charge in [-0.1, -0.05) is 6.07 Å². The highest BCUT2D eigenvalue weighted by atomic mass is 16.5. The smallest absolute Gasteiger partial charge is 0.243 e. The van der Waals surface area contributed by atoms with Crippen LogP contribution in [0.2, 0.25) is 0 Å². The molecule has 0 aliphatic heterocycles. The Hall–Kier alpha value is -5.43. The number of carbonyl (C=O) groups is 2. The number of benzene rings is 2. The lowest BCUT2D eigenvalue weighted by Gasteiger charge is -2.19. The average Bonchev–Trinajstić information content (AvgIpc) is 3.39. The summed E-state index contributed by atoms with van der Waals surface area (Å²) in [6.45, 7) is 1.60. The summed E-state index contributed by atoms with van der Waals surface area (Å²) in [4.78, 5) is 42.9. The topological polar surface area (TPSA) is 166 Å². The van der Waals surface area contributed by atoms with E-state index < -0.39 is 6.04 Å². The lowest BCUT2D eigenvalue weighted by Crippen LogP contribution is -2.27. The molecule has 1 aliphatic carbocycles. The normalized spacial score (nSPS) is 13.5. The van der Waals surface area contributed by atoms with E-state index in [0.717, 1.165) is 16.7 Å². The molecule has 0 spiro atoms. The van der Waals surface area contributed by atoms with Gasteiger partial charge in [-0.3, -0.25) is 19.5 Å². The number of hydrogen-bond donors (Lipinski definition) is 4. The molecule has 0 fully saturated rings. The Labute approximate surface area is 265 Å². The zero-order valence-corrected chi connectivity index (χ0v) is 26.3. The van der Waals surface area contributed by atoms with Crippen molar-refractivity contribution in [2.75, 3.05) is 45.6 Å². The molecule has 46 heavy (non-hydrogen) atoms. The van der Waals surface area contributed by atoms with Gasteiger partial charge in [0.25, 0.3) is 0 Å². The van der Waals surface area contributed by atoms with Crippen LogP contribution < -0.4 is 35.6 Å². The second-order valence-electron chi connectivity index (χ2n) is 10.6. The predicted molar refractivity (Wildman–Crippen MR) is 172 cm³/mol. The van der Waals surface area contributed by atoms with Crippen LogP contribution >= 0.6 is 0 Å². The first-order valence-electron chi connectivity index (χ1n) is 14.6. The number of aromatic amines is 1. The molecule has 1 aliphatic rings. The van der Waals surface area contributed by atoms with Gasteiger partial charge in [-0.15, -0.1) is 0 Å². The van der Waals surface area contributed by atoms with Crippen molar-refractivity contribution >= 4 is 23.2 Å². The number of nitrogens with one attached hydrogen (secondary N) is 4. The molecule has 1 heterocycles. The SMILES string of the molecule is COCc1nc(-c2ccc(NC(=O)CNc3ccc4c(cc3=O)C(NC(C)=O)CCc3cc(OC)c(OC)c(OC)c3-4)cc2)n[nH]1. The number of H-pyrrole nitrogens is 1. The summed E-state index contributed by atoms with van der Waals surface area (Å²) in [5.74, 6) is 1.95. The Morgan fingerprint density at radius 3 is 2.41 bits per heavy atom. The van der Waals surface area contributed by atoms with E-state index in [1.165, 1.54) is 20.1 Å². The Balaban J connectivity index is 1.40. The number of hydrogen-bond acceptors (Lipinski definition) is 10. The van der Waals surface area contributed by atoms with Gasteiger partial charge in [0.15, 0.2) is 23.1 Å². The first kappa shape index (κ1) is 32.0. The van der Waals surface area contributed by atoms with Crippen LogP contribution in [0.1, 0.15) is 36.3 Å². The number of aryl methyl sites for hydroxylation is 1. The number of fused-ring (bicyclic) bond motifs is 3.